The number of benzene rings is 1. The molecule has 2 unspecified atom stereocenters. The first-order chi connectivity index (χ1) is 12.4. The fraction of sp³-hybridized carbons (Fsp3) is 0.316. The summed E-state index contributed by atoms with van der Waals surface area (Å²) in [6.45, 7) is 3.90. The van der Waals surface area contributed by atoms with E-state index in [4.69, 9.17) is 4.74 Å². The minimum absolute atomic E-state index is 0.108. The lowest BCUT2D eigenvalue weighted by molar-refractivity contribution is -0.154. The quantitative estimate of drug-likeness (QED) is 0.822. The number of halogens is 1. The first kappa shape index (κ1) is 18.4. The third-order valence-electron chi connectivity index (χ3n) is 4.27. The summed E-state index contributed by atoms with van der Waals surface area (Å²) < 4.78 is 6.67. The Bertz CT molecular complexity index is 826. The van der Waals surface area contributed by atoms with Gasteiger partial charge in [0, 0.05) is 29.0 Å². The molecule has 2 heterocycles. The molecule has 1 N–H and O–H groups in total. The lowest BCUT2D eigenvalue weighted by Crippen LogP contribution is -2.45. The van der Waals surface area contributed by atoms with Gasteiger partial charge in [-0.3, -0.25) is 9.78 Å². The maximum atomic E-state index is 13.2. The lowest BCUT2D eigenvalue weighted by atomic mass is 10.0. The van der Waals surface area contributed by atoms with Gasteiger partial charge in [0.05, 0.1) is 0 Å². The Morgan fingerprint density at radius 3 is 2.77 bits per heavy atom. The first-order valence-electron chi connectivity index (χ1n) is 8.26. The molecule has 2 aromatic rings. The van der Waals surface area contributed by atoms with Crippen molar-refractivity contribution in [3.8, 4) is 5.75 Å². The van der Waals surface area contributed by atoms with Gasteiger partial charge in [0.2, 0.25) is 0 Å². The van der Waals surface area contributed by atoms with Crippen molar-refractivity contribution in [1.29, 1.82) is 0 Å². The Morgan fingerprint density at radius 2 is 2.15 bits per heavy atom. The van der Waals surface area contributed by atoms with Crippen LogP contribution in [0.1, 0.15) is 31.0 Å². The van der Waals surface area contributed by atoms with E-state index in [-0.39, 0.29) is 18.4 Å². The second-order valence-corrected chi connectivity index (χ2v) is 7.45. The molecule has 0 saturated heterocycles. The van der Waals surface area contributed by atoms with Gasteiger partial charge in [-0.2, -0.15) is 0 Å². The molecule has 6 nitrogen and oxygen atoms in total. The number of carboxylic acids is 1. The highest BCUT2D eigenvalue weighted by Crippen LogP contribution is 2.38. The van der Waals surface area contributed by atoms with Gasteiger partial charge in [0.1, 0.15) is 5.75 Å². The van der Waals surface area contributed by atoms with Crippen molar-refractivity contribution in [1.82, 2.24) is 9.88 Å². The zero-order valence-corrected chi connectivity index (χ0v) is 16.0. The molecule has 1 aromatic carbocycles. The number of carbonyl (C=O) groups excluding carboxylic acids is 1. The van der Waals surface area contributed by atoms with Crippen LogP contribution < -0.4 is 4.74 Å². The molecule has 1 aliphatic heterocycles. The summed E-state index contributed by atoms with van der Waals surface area (Å²) in [4.78, 5) is 30.7. The highest BCUT2D eigenvalue weighted by molar-refractivity contribution is 9.10. The van der Waals surface area contributed by atoms with Crippen molar-refractivity contribution in [3.05, 3.63) is 58.3 Å². The van der Waals surface area contributed by atoms with Gasteiger partial charge in [0.25, 0.3) is 5.91 Å². The maximum absolute atomic E-state index is 13.2. The van der Waals surface area contributed by atoms with E-state index >= 15 is 0 Å². The summed E-state index contributed by atoms with van der Waals surface area (Å²) in [5, 5.41) is 9.91. The monoisotopic (exact) mass is 418 g/mol. The van der Waals surface area contributed by atoms with Crippen LogP contribution in [0.3, 0.4) is 0 Å². The predicted molar refractivity (Wildman–Crippen MR) is 98.6 cm³/mol. The van der Waals surface area contributed by atoms with Crippen molar-refractivity contribution in [2.45, 2.75) is 32.5 Å². The number of hydrogen-bond acceptors (Lipinski definition) is 4. The van der Waals surface area contributed by atoms with Gasteiger partial charge in [-0.1, -0.05) is 35.8 Å². The molecular formula is C19H19BrN2O4. The second-order valence-electron chi connectivity index (χ2n) is 6.53. The Labute approximate surface area is 159 Å². The number of fused-ring (bicyclic) bond motifs is 1. The van der Waals surface area contributed by atoms with Crippen LogP contribution in [0.4, 0.5) is 0 Å². The van der Waals surface area contributed by atoms with Crippen molar-refractivity contribution < 1.29 is 19.4 Å². The zero-order chi connectivity index (χ0) is 18.8. The summed E-state index contributed by atoms with van der Waals surface area (Å²) in [7, 11) is 0. The SMILES string of the molecule is CC(C)C1Oc2ccc(Br)cc2C(C(=O)O)N(Cc2cccnc2)C1=O. The summed E-state index contributed by atoms with van der Waals surface area (Å²) >= 11 is 3.38. The Morgan fingerprint density at radius 1 is 1.38 bits per heavy atom. The smallest absolute Gasteiger partial charge is 0.331 e. The van der Waals surface area contributed by atoms with Crippen LogP contribution in [0.5, 0.6) is 5.75 Å². The van der Waals surface area contributed by atoms with Crippen LogP contribution >= 0.6 is 15.9 Å². The Hall–Kier alpha value is -2.41. The van der Waals surface area contributed by atoms with E-state index in [0.29, 0.717) is 11.3 Å². The fourth-order valence-corrected chi connectivity index (χ4v) is 3.41. The van der Waals surface area contributed by atoms with Gasteiger partial charge in [-0.25, -0.2) is 4.79 Å². The molecule has 0 radical (unpaired) electrons. The number of nitrogens with zero attached hydrogens (tertiary/aromatic N) is 2. The fourth-order valence-electron chi connectivity index (χ4n) is 3.03. The summed E-state index contributed by atoms with van der Waals surface area (Å²) in [6, 6.07) is 7.60. The van der Waals surface area contributed by atoms with Gasteiger partial charge in [-0.15, -0.1) is 0 Å². The van der Waals surface area contributed by atoms with Gasteiger partial charge >= 0.3 is 5.97 Å². The van der Waals surface area contributed by atoms with E-state index in [1.54, 1.807) is 36.7 Å². The molecule has 7 heteroatoms. The topological polar surface area (TPSA) is 79.7 Å². The van der Waals surface area contributed by atoms with E-state index < -0.39 is 18.1 Å². The second kappa shape index (κ2) is 7.45. The molecule has 1 amide bonds. The van der Waals surface area contributed by atoms with E-state index in [9.17, 15) is 14.7 Å². The summed E-state index contributed by atoms with van der Waals surface area (Å²) in [6.07, 6.45) is 2.51. The number of hydrogen-bond donors (Lipinski definition) is 1. The molecule has 1 aliphatic rings. The molecule has 2 atom stereocenters. The molecular weight excluding hydrogens is 400 g/mol. The zero-order valence-electron chi connectivity index (χ0n) is 14.4. The number of pyridine rings is 1. The average Bonchev–Trinajstić information content (AvgIpc) is 2.71. The number of carboxylic acid groups (broad SMARTS) is 1. The minimum Gasteiger partial charge on any atom is -0.480 e. The van der Waals surface area contributed by atoms with Crippen LogP contribution in [0.2, 0.25) is 0 Å². The Kier molecular flexibility index (Phi) is 5.27. The summed E-state index contributed by atoms with van der Waals surface area (Å²) in [5.41, 5.74) is 1.21. The standard InChI is InChI=1S/C19H19BrN2O4/c1-11(2)17-18(23)22(10-12-4-3-7-21-9-12)16(19(24)25)14-8-13(20)5-6-15(14)26-17/h3-9,11,16-17H,10H2,1-2H3,(H,24,25). The number of amides is 1. The molecule has 1 aromatic heterocycles. The molecule has 3 rings (SSSR count). The van der Waals surface area contributed by atoms with Crippen molar-refractivity contribution in [2.75, 3.05) is 0 Å². The van der Waals surface area contributed by atoms with E-state index in [0.717, 1.165) is 10.0 Å². The van der Waals surface area contributed by atoms with E-state index in [2.05, 4.69) is 20.9 Å². The highest BCUT2D eigenvalue weighted by atomic mass is 79.9. The maximum Gasteiger partial charge on any atom is 0.331 e. The van der Waals surface area contributed by atoms with E-state index in [1.807, 2.05) is 19.9 Å². The average molecular weight is 419 g/mol. The number of aliphatic carboxylic acids is 1. The summed E-state index contributed by atoms with van der Waals surface area (Å²) in [5.74, 6) is -1.14. The highest BCUT2D eigenvalue weighted by Gasteiger charge is 2.42. The lowest BCUT2D eigenvalue weighted by Gasteiger charge is -2.29. The minimum atomic E-state index is -1.14. The van der Waals surface area contributed by atoms with Gasteiger partial charge < -0.3 is 14.7 Å². The molecule has 0 saturated carbocycles. The number of aromatic nitrogens is 1. The van der Waals surface area contributed by atoms with Crippen LogP contribution in [0.25, 0.3) is 0 Å². The number of carbonyl (C=O) groups is 2. The molecule has 0 spiro atoms. The van der Waals surface area contributed by atoms with Crippen LogP contribution in [-0.4, -0.2) is 33.0 Å². The molecule has 0 fully saturated rings. The van der Waals surface area contributed by atoms with Crippen molar-refractivity contribution in [3.63, 3.8) is 0 Å². The normalized spacial score (nSPS) is 19.7. The van der Waals surface area contributed by atoms with Crippen LogP contribution in [-0.2, 0) is 16.1 Å². The van der Waals surface area contributed by atoms with E-state index in [1.165, 1.54) is 4.90 Å². The van der Waals surface area contributed by atoms with Gasteiger partial charge in [-0.05, 0) is 35.7 Å². The molecule has 26 heavy (non-hydrogen) atoms. The first-order valence-corrected chi connectivity index (χ1v) is 9.06. The van der Waals surface area contributed by atoms with Crippen LogP contribution in [0.15, 0.2) is 47.2 Å². The third-order valence-corrected chi connectivity index (χ3v) is 4.77. The van der Waals surface area contributed by atoms with Crippen molar-refractivity contribution in [2.24, 2.45) is 5.92 Å². The molecule has 136 valence electrons. The molecule has 0 aliphatic carbocycles. The van der Waals surface area contributed by atoms with Crippen molar-refractivity contribution >= 4 is 27.8 Å². The molecule has 0 bridgehead atoms. The van der Waals surface area contributed by atoms with Gasteiger partial charge in [0.15, 0.2) is 12.1 Å². The third kappa shape index (κ3) is 3.58. The van der Waals surface area contributed by atoms with Crippen LogP contribution in [0, 0.1) is 5.92 Å². The number of ether oxygens (including phenoxy) is 1. The number of rotatable bonds is 4. The largest absolute Gasteiger partial charge is 0.480 e. The predicted octanol–water partition coefficient (Wildman–Crippen LogP) is 3.42. The Balaban J connectivity index is 2.13.